The molecule has 90 valence electrons. The molecule has 0 unspecified atom stereocenters. The van der Waals surface area contributed by atoms with Crippen LogP contribution >= 0.6 is 0 Å². The normalized spacial score (nSPS) is 21.9. The van der Waals surface area contributed by atoms with Gasteiger partial charge in [-0.1, -0.05) is 12.1 Å². The molecule has 1 aromatic rings. The van der Waals surface area contributed by atoms with Gasteiger partial charge in [0, 0.05) is 12.0 Å². The van der Waals surface area contributed by atoms with Crippen LogP contribution in [0.5, 0.6) is 0 Å². The van der Waals surface area contributed by atoms with Crippen LogP contribution in [0, 0.1) is 0 Å². The highest BCUT2D eigenvalue weighted by Crippen LogP contribution is 2.47. The number of hydroxylamine groups is 1. The van der Waals surface area contributed by atoms with Crippen LogP contribution < -0.4 is 10.8 Å². The van der Waals surface area contributed by atoms with Gasteiger partial charge >= 0.3 is 0 Å². The minimum Gasteiger partial charge on any atom is -0.330 e. The Morgan fingerprint density at radius 2 is 2.00 bits per heavy atom. The lowest BCUT2D eigenvalue weighted by molar-refractivity contribution is -0.119. The highest BCUT2D eigenvalue weighted by atomic mass is 16.7. The molecule has 4 heteroatoms. The minimum atomic E-state index is 0.0257. The molecule has 3 rings (SSSR count). The summed E-state index contributed by atoms with van der Waals surface area (Å²) in [7, 11) is 0. The molecule has 1 saturated heterocycles. The first-order chi connectivity index (χ1) is 8.25. The average Bonchev–Trinajstić information content (AvgIpc) is 3.06. The van der Waals surface area contributed by atoms with Crippen LogP contribution in [0.15, 0.2) is 24.3 Å². The number of amides is 1. The van der Waals surface area contributed by atoms with Crippen LogP contribution in [0.4, 0.5) is 5.69 Å². The summed E-state index contributed by atoms with van der Waals surface area (Å²) in [5.41, 5.74) is 8.08. The van der Waals surface area contributed by atoms with Gasteiger partial charge in [0.05, 0.1) is 18.7 Å². The first-order valence-electron chi connectivity index (χ1n) is 6.02. The fraction of sp³-hybridized carbons (Fsp3) is 0.462. The van der Waals surface area contributed by atoms with Gasteiger partial charge in [-0.2, -0.15) is 5.06 Å². The summed E-state index contributed by atoms with van der Waals surface area (Å²) < 4.78 is 0. The number of hydrogen-bond acceptors (Lipinski definition) is 3. The number of nitrogens with zero attached hydrogens (tertiary/aromatic N) is 1. The summed E-state index contributed by atoms with van der Waals surface area (Å²) >= 11 is 0. The number of carbonyl (C=O) groups excluding carboxylic acids is 1. The summed E-state index contributed by atoms with van der Waals surface area (Å²) in [5, 5.41) is 1.38. The van der Waals surface area contributed by atoms with Gasteiger partial charge in [0.2, 0.25) is 0 Å². The molecular formula is C13H16N2O2. The van der Waals surface area contributed by atoms with Crippen LogP contribution in [-0.2, 0) is 15.0 Å². The molecule has 2 N–H and O–H groups in total. The second-order valence-electron chi connectivity index (χ2n) is 4.80. The van der Waals surface area contributed by atoms with Crippen molar-refractivity contribution in [3.8, 4) is 0 Å². The van der Waals surface area contributed by atoms with Crippen molar-refractivity contribution in [2.45, 2.75) is 24.7 Å². The van der Waals surface area contributed by atoms with E-state index in [2.05, 4.69) is 12.1 Å². The number of nitrogens with two attached hydrogens (primary N) is 1. The van der Waals surface area contributed by atoms with E-state index in [0.29, 0.717) is 19.6 Å². The number of hydrogen-bond donors (Lipinski definition) is 1. The van der Waals surface area contributed by atoms with Crippen LogP contribution in [-0.4, -0.2) is 19.1 Å². The molecule has 1 saturated carbocycles. The molecule has 0 radical (unpaired) electrons. The van der Waals surface area contributed by atoms with Gasteiger partial charge in [-0.25, -0.2) is 0 Å². The molecule has 2 fully saturated rings. The zero-order valence-electron chi connectivity index (χ0n) is 9.69. The Balaban J connectivity index is 1.83. The zero-order chi connectivity index (χ0) is 11.9. The van der Waals surface area contributed by atoms with Crippen molar-refractivity contribution in [3.63, 3.8) is 0 Å². The Morgan fingerprint density at radius 1 is 1.29 bits per heavy atom. The van der Waals surface area contributed by atoms with E-state index in [-0.39, 0.29) is 11.3 Å². The second kappa shape index (κ2) is 3.82. The topological polar surface area (TPSA) is 55.6 Å². The standard InChI is InChI=1S/C13H16N2O2/c14-9-13(6-7-13)10-1-3-11(4-2-10)15-12(16)5-8-17-15/h1-4H,5-9,14H2. The number of benzene rings is 1. The van der Waals surface area contributed by atoms with Crippen molar-refractivity contribution in [1.82, 2.24) is 0 Å². The molecule has 1 heterocycles. The van der Waals surface area contributed by atoms with Crippen LogP contribution in [0.25, 0.3) is 0 Å². The summed E-state index contributed by atoms with van der Waals surface area (Å²) in [6.45, 7) is 1.18. The maximum Gasteiger partial charge on any atom is 0.253 e. The Morgan fingerprint density at radius 3 is 2.47 bits per heavy atom. The van der Waals surface area contributed by atoms with Crippen LogP contribution in [0.2, 0.25) is 0 Å². The van der Waals surface area contributed by atoms with Crippen molar-refractivity contribution in [3.05, 3.63) is 29.8 Å². The molecule has 0 bridgehead atoms. The number of carbonyl (C=O) groups is 1. The van der Waals surface area contributed by atoms with E-state index in [9.17, 15) is 4.79 Å². The highest BCUT2D eigenvalue weighted by Gasteiger charge is 2.42. The highest BCUT2D eigenvalue weighted by molar-refractivity contribution is 5.92. The smallest absolute Gasteiger partial charge is 0.253 e. The van der Waals surface area contributed by atoms with Crippen molar-refractivity contribution in [2.24, 2.45) is 5.73 Å². The van der Waals surface area contributed by atoms with E-state index in [4.69, 9.17) is 10.6 Å². The van der Waals surface area contributed by atoms with Crippen LogP contribution in [0.3, 0.4) is 0 Å². The molecule has 4 nitrogen and oxygen atoms in total. The Kier molecular flexibility index (Phi) is 2.42. The fourth-order valence-corrected chi connectivity index (χ4v) is 2.33. The van der Waals surface area contributed by atoms with Gasteiger partial charge in [-0.05, 0) is 30.5 Å². The predicted molar refractivity (Wildman–Crippen MR) is 64.5 cm³/mol. The lowest BCUT2D eigenvalue weighted by atomic mass is 9.96. The van der Waals surface area contributed by atoms with Crippen molar-refractivity contribution in [2.75, 3.05) is 18.2 Å². The third-order valence-corrected chi connectivity index (χ3v) is 3.72. The third kappa shape index (κ3) is 1.73. The maximum atomic E-state index is 11.5. The van der Waals surface area contributed by atoms with Gasteiger partial charge in [-0.3, -0.25) is 9.63 Å². The molecular weight excluding hydrogens is 216 g/mol. The summed E-state index contributed by atoms with van der Waals surface area (Å²) in [6, 6.07) is 8.00. The van der Waals surface area contributed by atoms with E-state index in [1.807, 2.05) is 12.1 Å². The molecule has 0 aromatic heterocycles. The Labute approximate surface area is 100 Å². The molecule has 1 aromatic carbocycles. The van der Waals surface area contributed by atoms with Gasteiger partial charge in [0.25, 0.3) is 5.91 Å². The maximum absolute atomic E-state index is 11.5. The molecule has 1 aliphatic carbocycles. The zero-order valence-corrected chi connectivity index (χ0v) is 9.69. The van der Waals surface area contributed by atoms with E-state index in [0.717, 1.165) is 5.69 Å². The van der Waals surface area contributed by atoms with Crippen molar-refractivity contribution >= 4 is 11.6 Å². The number of anilines is 1. The van der Waals surface area contributed by atoms with E-state index < -0.39 is 0 Å². The summed E-state index contributed by atoms with van der Waals surface area (Å²) in [4.78, 5) is 16.8. The first-order valence-corrected chi connectivity index (χ1v) is 6.02. The van der Waals surface area contributed by atoms with E-state index in [1.165, 1.54) is 23.5 Å². The monoisotopic (exact) mass is 232 g/mol. The van der Waals surface area contributed by atoms with Gasteiger partial charge in [0.1, 0.15) is 0 Å². The Hall–Kier alpha value is -1.39. The Bertz CT molecular complexity index is 437. The SMILES string of the molecule is NCC1(c2ccc(N3OCCC3=O)cc2)CC1. The van der Waals surface area contributed by atoms with Gasteiger partial charge in [0.15, 0.2) is 0 Å². The first kappa shape index (κ1) is 10.7. The van der Waals surface area contributed by atoms with E-state index >= 15 is 0 Å². The lowest BCUT2D eigenvalue weighted by Gasteiger charge is -2.17. The lowest BCUT2D eigenvalue weighted by Crippen LogP contribution is -2.23. The van der Waals surface area contributed by atoms with Gasteiger partial charge in [-0.15, -0.1) is 0 Å². The summed E-state index contributed by atoms with van der Waals surface area (Å²) in [6.07, 6.45) is 2.80. The molecule has 0 atom stereocenters. The second-order valence-corrected chi connectivity index (χ2v) is 4.80. The fourth-order valence-electron chi connectivity index (χ4n) is 2.33. The molecule has 0 spiro atoms. The molecule has 2 aliphatic rings. The molecule has 1 aliphatic heterocycles. The number of rotatable bonds is 3. The summed E-state index contributed by atoms with van der Waals surface area (Å²) in [5.74, 6) is 0.0257. The molecule has 17 heavy (non-hydrogen) atoms. The third-order valence-electron chi connectivity index (χ3n) is 3.72. The minimum absolute atomic E-state index is 0.0257. The van der Waals surface area contributed by atoms with Crippen molar-refractivity contribution < 1.29 is 9.63 Å². The van der Waals surface area contributed by atoms with Crippen molar-refractivity contribution in [1.29, 1.82) is 0 Å². The van der Waals surface area contributed by atoms with Crippen LogP contribution in [0.1, 0.15) is 24.8 Å². The molecule has 1 amide bonds. The van der Waals surface area contributed by atoms with E-state index in [1.54, 1.807) is 0 Å². The quantitative estimate of drug-likeness (QED) is 0.855. The largest absolute Gasteiger partial charge is 0.330 e. The average molecular weight is 232 g/mol. The van der Waals surface area contributed by atoms with Gasteiger partial charge < -0.3 is 5.73 Å². The predicted octanol–water partition coefficient (Wildman–Crippen LogP) is 1.35.